The van der Waals surface area contributed by atoms with Gasteiger partial charge in [0.2, 0.25) is 0 Å². The number of nitrogens with zero attached hydrogens (tertiary/aromatic N) is 2. The van der Waals surface area contributed by atoms with Crippen molar-refractivity contribution in [2.75, 3.05) is 34.8 Å². The minimum Gasteiger partial charge on any atom is -0.465 e. The fourth-order valence-electron chi connectivity index (χ4n) is 2.78. The van der Waals surface area contributed by atoms with Crippen molar-refractivity contribution in [3.63, 3.8) is 0 Å². The first-order valence-corrected chi connectivity index (χ1v) is 8.79. The number of hydrogen-bond donors (Lipinski definition) is 2. The summed E-state index contributed by atoms with van der Waals surface area (Å²) in [7, 11) is 0. The van der Waals surface area contributed by atoms with Crippen LogP contribution >= 0.6 is 11.8 Å². The molecule has 3 rings (SSSR count). The molecule has 0 bridgehead atoms. The second-order valence-electron chi connectivity index (χ2n) is 5.58. The Morgan fingerprint density at radius 1 is 1.29 bits per heavy atom. The number of halogens is 1. The lowest BCUT2D eigenvalue weighted by atomic mass is 9.99. The third-order valence-electron chi connectivity index (χ3n) is 3.94. The maximum absolute atomic E-state index is 13.4. The van der Waals surface area contributed by atoms with Gasteiger partial charge in [0, 0.05) is 30.2 Å². The predicted molar refractivity (Wildman–Crippen MR) is 95.6 cm³/mol. The van der Waals surface area contributed by atoms with Crippen LogP contribution < -0.4 is 10.2 Å². The molecule has 1 aliphatic rings. The number of carbonyl (C=O) groups is 1. The number of benzene rings is 1. The molecule has 1 aromatic heterocycles. The molecule has 0 spiro atoms. The molecule has 2 N–H and O–H groups in total. The van der Waals surface area contributed by atoms with Gasteiger partial charge in [-0.25, -0.2) is 14.2 Å². The van der Waals surface area contributed by atoms with E-state index in [1.165, 1.54) is 18.3 Å². The van der Waals surface area contributed by atoms with Crippen molar-refractivity contribution in [1.29, 1.82) is 0 Å². The zero-order valence-corrected chi connectivity index (χ0v) is 14.1. The molecule has 1 aliphatic heterocycles. The Balaban J connectivity index is 2.06. The standard InChI is InChI=1S/C17H18FN3O2S/c1-11-8-12(18)2-3-13(11)14-9-16(21-4-6-24-7-5-21)19-10-15(14)20-17(22)23/h2-3,8-10,20H,4-7H2,1H3,(H,22,23). The van der Waals surface area contributed by atoms with Crippen molar-refractivity contribution in [3.8, 4) is 11.1 Å². The van der Waals surface area contributed by atoms with E-state index in [-0.39, 0.29) is 5.82 Å². The molecule has 1 aromatic carbocycles. The molecule has 1 fully saturated rings. The van der Waals surface area contributed by atoms with Gasteiger partial charge in [0.25, 0.3) is 0 Å². The van der Waals surface area contributed by atoms with Crippen LogP contribution in [-0.2, 0) is 0 Å². The summed E-state index contributed by atoms with van der Waals surface area (Å²) < 4.78 is 13.4. The number of thioether (sulfide) groups is 1. The quantitative estimate of drug-likeness (QED) is 0.883. The highest BCUT2D eigenvalue weighted by Gasteiger charge is 2.17. The van der Waals surface area contributed by atoms with Crippen LogP contribution in [0.15, 0.2) is 30.5 Å². The van der Waals surface area contributed by atoms with Crippen molar-refractivity contribution in [1.82, 2.24) is 4.98 Å². The fourth-order valence-corrected chi connectivity index (χ4v) is 3.68. The molecule has 0 aliphatic carbocycles. The SMILES string of the molecule is Cc1cc(F)ccc1-c1cc(N2CCSCC2)ncc1NC(=O)O. The van der Waals surface area contributed by atoms with Gasteiger partial charge in [0.1, 0.15) is 11.6 Å². The second kappa shape index (κ2) is 7.09. The number of nitrogens with one attached hydrogen (secondary N) is 1. The monoisotopic (exact) mass is 347 g/mol. The smallest absolute Gasteiger partial charge is 0.409 e. The summed E-state index contributed by atoms with van der Waals surface area (Å²) in [6, 6.07) is 6.37. The van der Waals surface area contributed by atoms with Crippen LogP contribution in [0.1, 0.15) is 5.56 Å². The van der Waals surface area contributed by atoms with Gasteiger partial charge in [0.05, 0.1) is 11.9 Å². The number of carboxylic acid groups (broad SMARTS) is 1. The van der Waals surface area contributed by atoms with Gasteiger partial charge in [-0.15, -0.1) is 0 Å². The third-order valence-corrected chi connectivity index (χ3v) is 4.89. The zero-order chi connectivity index (χ0) is 17.1. The molecule has 7 heteroatoms. The van der Waals surface area contributed by atoms with E-state index < -0.39 is 6.09 Å². The van der Waals surface area contributed by atoms with E-state index in [0.29, 0.717) is 11.3 Å². The summed E-state index contributed by atoms with van der Waals surface area (Å²) in [6.45, 7) is 3.62. The number of pyridine rings is 1. The molecular formula is C17H18FN3O2S. The lowest BCUT2D eigenvalue weighted by molar-refractivity contribution is 0.209. The molecule has 0 radical (unpaired) electrons. The normalized spacial score (nSPS) is 14.5. The second-order valence-corrected chi connectivity index (χ2v) is 6.80. The highest BCUT2D eigenvalue weighted by Crippen LogP contribution is 2.33. The first kappa shape index (κ1) is 16.6. The topological polar surface area (TPSA) is 65.5 Å². The highest BCUT2D eigenvalue weighted by atomic mass is 32.2. The molecule has 126 valence electrons. The summed E-state index contributed by atoms with van der Waals surface area (Å²) in [5.74, 6) is 2.58. The Hall–Kier alpha value is -2.28. The van der Waals surface area contributed by atoms with Crippen LogP contribution in [0.3, 0.4) is 0 Å². The Labute approximate surface area is 143 Å². The first-order chi connectivity index (χ1) is 11.5. The van der Waals surface area contributed by atoms with Crippen molar-refractivity contribution in [2.45, 2.75) is 6.92 Å². The summed E-state index contributed by atoms with van der Waals surface area (Å²) >= 11 is 1.91. The van der Waals surface area contributed by atoms with Crippen LogP contribution in [0, 0.1) is 12.7 Å². The van der Waals surface area contributed by atoms with Gasteiger partial charge in [0.15, 0.2) is 0 Å². The van der Waals surface area contributed by atoms with E-state index in [1.54, 1.807) is 13.0 Å². The minimum atomic E-state index is -1.15. The average molecular weight is 347 g/mol. The number of anilines is 2. The number of aromatic nitrogens is 1. The number of hydrogen-bond acceptors (Lipinski definition) is 4. The lowest BCUT2D eigenvalue weighted by Crippen LogP contribution is -2.33. The summed E-state index contributed by atoms with van der Waals surface area (Å²) in [4.78, 5) is 17.7. The van der Waals surface area contributed by atoms with Crippen LogP contribution in [0.5, 0.6) is 0 Å². The summed E-state index contributed by atoms with van der Waals surface area (Å²) in [5.41, 5.74) is 2.63. The maximum Gasteiger partial charge on any atom is 0.409 e. The summed E-state index contributed by atoms with van der Waals surface area (Å²) in [6.07, 6.45) is 0.378. The average Bonchev–Trinajstić information content (AvgIpc) is 2.56. The van der Waals surface area contributed by atoms with E-state index >= 15 is 0 Å². The molecule has 0 atom stereocenters. The Kier molecular flexibility index (Phi) is 4.89. The molecule has 0 saturated carbocycles. The highest BCUT2D eigenvalue weighted by molar-refractivity contribution is 7.99. The van der Waals surface area contributed by atoms with E-state index in [9.17, 15) is 9.18 Å². The maximum atomic E-state index is 13.4. The van der Waals surface area contributed by atoms with Crippen LogP contribution in [-0.4, -0.2) is 40.8 Å². The molecule has 0 unspecified atom stereocenters. The number of rotatable bonds is 3. The van der Waals surface area contributed by atoms with Crippen LogP contribution in [0.2, 0.25) is 0 Å². The van der Waals surface area contributed by atoms with Gasteiger partial charge in [-0.3, -0.25) is 5.32 Å². The third kappa shape index (κ3) is 3.62. The summed E-state index contributed by atoms with van der Waals surface area (Å²) in [5, 5.41) is 11.4. The largest absolute Gasteiger partial charge is 0.465 e. The van der Waals surface area contributed by atoms with E-state index in [0.717, 1.165) is 41.5 Å². The van der Waals surface area contributed by atoms with Crippen molar-refractivity contribution in [2.24, 2.45) is 0 Å². The van der Waals surface area contributed by atoms with E-state index in [4.69, 9.17) is 5.11 Å². The minimum absolute atomic E-state index is 0.314. The predicted octanol–water partition coefficient (Wildman–Crippen LogP) is 3.84. The van der Waals surface area contributed by atoms with Gasteiger partial charge in [-0.1, -0.05) is 6.07 Å². The molecule has 24 heavy (non-hydrogen) atoms. The van der Waals surface area contributed by atoms with Crippen molar-refractivity contribution in [3.05, 3.63) is 41.8 Å². The molecule has 2 heterocycles. The van der Waals surface area contributed by atoms with Crippen molar-refractivity contribution >= 4 is 29.4 Å². The van der Waals surface area contributed by atoms with Crippen LogP contribution in [0.25, 0.3) is 11.1 Å². The number of aryl methyl sites for hydroxylation is 1. The molecular weight excluding hydrogens is 329 g/mol. The molecule has 1 amide bonds. The number of amides is 1. The van der Waals surface area contributed by atoms with Gasteiger partial charge in [-0.05, 0) is 36.2 Å². The van der Waals surface area contributed by atoms with Gasteiger partial charge >= 0.3 is 6.09 Å². The van der Waals surface area contributed by atoms with Gasteiger partial charge in [-0.2, -0.15) is 11.8 Å². The van der Waals surface area contributed by atoms with Crippen molar-refractivity contribution < 1.29 is 14.3 Å². The van der Waals surface area contributed by atoms with Gasteiger partial charge < -0.3 is 10.0 Å². The molecule has 5 nitrogen and oxygen atoms in total. The lowest BCUT2D eigenvalue weighted by Gasteiger charge is -2.28. The Morgan fingerprint density at radius 3 is 2.71 bits per heavy atom. The Bertz CT molecular complexity index is 763. The molecule has 1 saturated heterocycles. The van der Waals surface area contributed by atoms with E-state index in [1.807, 2.05) is 17.8 Å². The van der Waals surface area contributed by atoms with E-state index in [2.05, 4.69) is 15.2 Å². The van der Waals surface area contributed by atoms with Crippen LogP contribution in [0.4, 0.5) is 20.7 Å². The Morgan fingerprint density at radius 2 is 2.04 bits per heavy atom. The zero-order valence-electron chi connectivity index (χ0n) is 13.3. The fraction of sp³-hybridized carbons (Fsp3) is 0.294. The first-order valence-electron chi connectivity index (χ1n) is 7.64. The molecule has 2 aromatic rings.